The topological polar surface area (TPSA) is 53.9 Å². The minimum absolute atomic E-state index is 0.570. The second kappa shape index (κ2) is 6.52. The number of hydrogen-bond donors (Lipinski definition) is 1. The minimum Gasteiger partial charge on any atom is -0.354 e. The predicted octanol–water partition coefficient (Wildman–Crippen LogP) is 3.08. The lowest BCUT2D eigenvalue weighted by Gasteiger charge is -2.13. The van der Waals surface area contributed by atoms with E-state index in [4.69, 9.17) is 11.6 Å². The van der Waals surface area contributed by atoms with Crippen LogP contribution in [-0.4, -0.2) is 35.6 Å². The van der Waals surface area contributed by atoms with Crippen LogP contribution in [-0.2, 0) is 0 Å². The highest BCUT2D eigenvalue weighted by Gasteiger charge is 2.11. The highest BCUT2D eigenvalue weighted by atomic mass is 35.5. The van der Waals surface area contributed by atoms with E-state index in [1.54, 1.807) is 0 Å². The van der Waals surface area contributed by atoms with Gasteiger partial charge in [0, 0.05) is 26.2 Å². The zero-order valence-electron chi connectivity index (χ0n) is 11.9. The number of nitrogens with zero attached hydrogens (tertiary/aromatic N) is 4. The Balaban J connectivity index is 2.46. The Kier molecular flexibility index (Phi) is 4.74. The summed E-state index contributed by atoms with van der Waals surface area (Å²) in [5.74, 6) is 1.75. The SMILES string of the molecule is CCCNc1nc(-c2ccccc2Cl)nc(N(C)C)n1. The lowest BCUT2D eigenvalue weighted by atomic mass is 10.2. The van der Waals surface area contributed by atoms with Crippen molar-refractivity contribution >= 4 is 23.5 Å². The molecule has 0 bridgehead atoms. The summed E-state index contributed by atoms with van der Waals surface area (Å²) in [5.41, 5.74) is 0.805. The van der Waals surface area contributed by atoms with Crippen LogP contribution in [0, 0.1) is 0 Å². The average Bonchev–Trinajstić information content (AvgIpc) is 2.45. The Labute approximate surface area is 124 Å². The van der Waals surface area contributed by atoms with Gasteiger partial charge in [0.2, 0.25) is 11.9 Å². The maximum absolute atomic E-state index is 6.21. The van der Waals surface area contributed by atoms with Crippen LogP contribution in [0.5, 0.6) is 0 Å². The van der Waals surface area contributed by atoms with Gasteiger partial charge in [-0.3, -0.25) is 0 Å². The van der Waals surface area contributed by atoms with E-state index in [1.165, 1.54) is 0 Å². The van der Waals surface area contributed by atoms with Crippen LogP contribution >= 0.6 is 11.6 Å². The van der Waals surface area contributed by atoms with Gasteiger partial charge in [-0.2, -0.15) is 15.0 Å². The predicted molar refractivity (Wildman–Crippen MR) is 83.4 cm³/mol. The maximum Gasteiger partial charge on any atom is 0.230 e. The Morgan fingerprint density at radius 2 is 1.90 bits per heavy atom. The molecule has 0 saturated carbocycles. The summed E-state index contributed by atoms with van der Waals surface area (Å²) < 4.78 is 0. The number of anilines is 2. The number of nitrogens with one attached hydrogen (secondary N) is 1. The molecule has 0 aliphatic carbocycles. The van der Waals surface area contributed by atoms with Gasteiger partial charge in [0.1, 0.15) is 0 Å². The molecule has 6 heteroatoms. The highest BCUT2D eigenvalue weighted by molar-refractivity contribution is 6.33. The summed E-state index contributed by atoms with van der Waals surface area (Å²) in [6, 6.07) is 7.53. The molecule has 1 aromatic carbocycles. The Morgan fingerprint density at radius 1 is 1.15 bits per heavy atom. The summed E-state index contributed by atoms with van der Waals surface area (Å²) in [6.07, 6.45) is 1.00. The van der Waals surface area contributed by atoms with Crippen LogP contribution in [0.15, 0.2) is 24.3 Å². The van der Waals surface area contributed by atoms with E-state index in [0.717, 1.165) is 18.5 Å². The van der Waals surface area contributed by atoms with Gasteiger partial charge in [-0.1, -0.05) is 30.7 Å². The van der Waals surface area contributed by atoms with Crippen molar-refractivity contribution in [3.8, 4) is 11.4 Å². The summed E-state index contributed by atoms with van der Waals surface area (Å²) in [4.78, 5) is 15.1. The van der Waals surface area contributed by atoms with Crippen molar-refractivity contribution in [1.29, 1.82) is 0 Å². The standard InChI is InChI=1S/C14H18ClN5/c1-4-9-16-13-17-12(18-14(19-13)20(2)3)10-7-5-6-8-11(10)15/h5-8H,4,9H2,1-3H3,(H,16,17,18,19). The highest BCUT2D eigenvalue weighted by Crippen LogP contribution is 2.26. The first kappa shape index (κ1) is 14.5. The number of rotatable bonds is 5. The zero-order chi connectivity index (χ0) is 14.5. The van der Waals surface area contributed by atoms with E-state index in [9.17, 15) is 0 Å². The van der Waals surface area contributed by atoms with E-state index >= 15 is 0 Å². The van der Waals surface area contributed by atoms with Crippen molar-refractivity contribution in [2.45, 2.75) is 13.3 Å². The van der Waals surface area contributed by atoms with Gasteiger partial charge in [-0.05, 0) is 18.6 Å². The van der Waals surface area contributed by atoms with Gasteiger partial charge in [0.25, 0.3) is 0 Å². The largest absolute Gasteiger partial charge is 0.354 e. The normalized spacial score (nSPS) is 10.4. The molecule has 20 heavy (non-hydrogen) atoms. The monoisotopic (exact) mass is 291 g/mol. The van der Waals surface area contributed by atoms with Crippen LogP contribution in [0.2, 0.25) is 5.02 Å². The van der Waals surface area contributed by atoms with Crippen LogP contribution in [0.4, 0.5) is 11.9 Å². The summed E-state index contributed by atoms with van der Waals surface area (Å²) >= 11 is 6.21. The smallest absolute Gasteiger partial charge is 0.230 e. The van der Waals surface area contributed by atoms with Gasteiger partial charge in [0.15, 0.2) is 5.82 Å². The van der Waals surface area contributed by atoms with Crippen molar-refractivity contribution in [2.24, 2.45) is 0 Å². The third kappa shape index (κ3) is 3.36. The van der Waals surface area contributed by atoms with Crippen molar-refractivity contribution in [3.63, 3.8) is 0 Å². The van der Waals surface area contributed by atoms with Crippen molar-refractivity contribution < 1.29 is 0 Å². The number of hydrogen-bond acceptors (Lipinski definition) is 5. The van der Waals surface area contributed by atoms with Gasteiger partial charge in [-0.25, -0.2) is 0 Å². The molecule has 0 radical (unpaired) electrons. The van der Waals surface area contributed by atoms with Crippen molar-refractivity contribution in [1.82, 2.24) is 15.0 Å². The minimum atomic E-state index is 0.570. The van der Waals surface area contributed by atoms with Crippen LogP contribution in [0.3, 0.4) is 0 Å². The molecular weight excluding hydrogens is 274 g/mol. The molecule has 1 aromatic heterocycles. The molecule has 5 nitrogen and oxygen atoms in total. The van der Waals surface area contributed by atoms with E-state index in [2.05, 4.69) is 27.2 Å². The fourth-order valence-electron chi connectivity index (χ4n) is 1.64. The van der Waals surface area contributed by atoms with E-state index in [1.807, 2.05) is 43.3 Å². The summed E-state index contributed by atoms with van der Waals surface area (Å²) in [7, 11) is 3.80. The van der Waals surface area contributed by atoms with Crippen molar-refractivity contribution in [3.05, 3.63) is 29.3 Å². The van der Waals surface area contributed by atoms with Crippen LogP contribution < -0.4 is 10.2 Å². The first-order valence-electron chi connectivity index (χ1n) is 6.54. The second-order valence-electron chi connectivity index (χ2n) is 4.58. The molecule has 0 aliphatic rings. The zero-order valence-corrected chi connectivity index (χ0v) is 12.6. The molecule has 0 spiro atoms. The molecule has 1 N–H and O–H groups in total. The Hall–Kier alpha value is -1.88. The van der Waals surface area contributed by atoms with Gasteiger partial charge in [0.05, 0.1) is 5.02 Å². The summed E-state index contributed by atoms with van der Waals surface area (Å²) in [5, 5.41) is 3.82. The van der Waals surface area contributed by atoms with Crippen LogP contribution in [0.1, 0.15) is 13.3 Å². The molecule has 106 valence electrons. The lowest BCUT2D eigenvalue weighted by Crippen LogP contribution is -2.16. The molecule has 0 unspecified atom stereocenters. The molecule has 2 aromatic rings. The van der Waals surface area contributed by atoms with E-state index in [0.29, 0.717) is 22.7 Å². The molecule has 0 atom stereocenters. The number of benzene rings is 1. The number of aromatic nitrogens is 3. The fourth-order valence-corrected chi connectivity index (χ4v) is 1.86. The third-order valence-corrected chi connectivity index (χ3v) is 3.00. The Bertz CT molecular complexity index is 586. The Morgan fingerprint density at radius 3 is 2.55 bits per heavy atom. The quantitative estimate of drug-likeness (QED) is 0.917. The third-order valence-electron chi connectivity index (χ3n) is 2.67. The van der Waals surface area contributed by atoms with Gasteiger partial charge >= 0.3 is 0 Å². The first-order chi connectivity index (χ1) is 9.61. The molecule has 0 saturated heterocycles. The molecule has 0 fully saturated rings. The fraction of sp³-hybridized carbons (Fsp3) is 0.357. The van der Waals surface area contributed by atoms with Gasteiger partial charge in [-0.15, -0.1) is 0 Å². The molecule has 1 heterocycles. The summed E-state index contributed by atoms with van der Waals surface area (Å²) in [6.45, 7) is 2.91. The maximum atomic E-state index is 6.21. The number of halogens is 1. The van der Waals surface area contributed by atoms with Gasteiger partial charge < -0.3 is 10.2 Å². The van der Waals surface area contributed by atoms with Crippen molar-refractivity contribution in [2.75, 3.05) is 30.9 Å². The van der Waals surface area contributed by atoms with E-state index < -0.39 is 0 Å². The lowest BCUT2D eigenvalue weighted by molar-refractivity contribution is 0.920. The molecule has 0 aliphatic heterocycles. The molecule has 0 amide bonds. The first-order valence-corrected chi connectivity index (χ1v) is 6.91. The second-order valence-corrected chi connectivity index (χ2v) is 4.99. The molecule has 2 rings (SSSR count). The molecular formula is C14H18ClN5. The van der Waals surface area contributed by atoms with E-state index in [-0.39, 0.29) is 0 Å². The average molecular weight is 292 g/mol. The van der Waals surface area contributed by atoms with Crippen LogP contribution in [0.25, 0.3) is 11.4 Å².